The van der Waals surface area contributed by atoms with Gasteiger partial charge in [-0.25, -0.2) is 4.98 Å². The molecule has 0 fully saturated rings. The van der Waals surface area contributed by atoms with E-state index in [0.717, 1.165) is 20.4 Å². The maximum absolute atomic E-state index is 5.72. The molecular weight excluding hydrogens is 348 g/mol. The van der Waals surface area contributed by atoms with Crippen LogP contribution < -0.4 is 4.74 Å². The largest absolute Gasteiger partial charge is 0.439 e. The Morgan fingerprint density at radius 1 is 1.06 bits per heavy atom. The van der Waals surface area contributed by atoms with E-state index in [2.05, 4.69) is 41.8 Å². The number of ether oxygens (including phenoxy) is 1. The Hall–Kier alpha value is -0.940. The Bertz CT molecular complexity index is 538. The first-order chi connectivity index (χ1) is 8.04. The second-order valence-electron chi connectivity index (χ2n) is 3.59. The molecule has 0 aliphatic rings. The molecule has 0 radical (unpaired) electrons. The fraction of sp³-hybridized carbons (Fsp3) is 0.167. The maximum atomic E-state index is 5.72. The van der Waals surface area contributed by atoms with Crippen molar-refractivity contribution < 1.29 is 4.74 Å². The van der Waals surface area contributed by atoms with Gasteiger partial charge in [-0.05, 0) is 53.5 Å². The number of aromatic nitrogens is 2. The van der Waals surface area contributed by atoms with Crippen LogP contribution in [0.2, 0.25) is 0 Å². The van der Waals surface area contributed by atoms with Crippen molar-refractivity contribution in [3.8, 4) is 11.6 Å². The Morgan fingerprint density at radius 3 is 2.47 bits per heavy atom. The number of halogens is 2. The quantitative estimate of drug-likeness (QED) is 0.746. The lowest BCUT2D eigenvalue weighted by molar-refractivity contribution is 0.455. The van der Waals surface area contributed by atoms with Crippen molar-refractivity contribution in [1.82, 2.24) is 9.97 Å². The molecule has 0 aliphatic carbocycles. The smallest absolute Gasteiger partial charge is 0.223 e. The summed E-state index contributed by atoms with van der Waals surface area (Å²) in [6.45, 7) is 3.81. The predicted molar refractivity (Wildman–Crippen MR) is 73.4 cm³/mol. The molecule has 2 rings (SSSR count). The zero-order chi connectivity index (χ0) is 12.4. The number of rotatable bonds is 2. The molecular formula is C12H10Br2N2O. The van der Waals surface area contributed by atoms with Crippen LogP contribution in [-0.4, -0.2) is 9.97 Å². The van der Waals surface area contributed by atoms with Crippen LogP contribution in [0.1, 0.15) is 11.4 Å². The van der Waals surface area contributed by atoms with Gasteiger partial charge in [0.25, 0.3) is 0 Å². The molecule has 1 heterocycles. The number of nitrogens with zero attached hydrogens (tertiary/aromatic N) is 2. The van der Waals surface area contributed by atoms with Crippen LogP contribution in [-0.2, 0) is 0 Å². The SMILES string of the molecule is Cc1nc(Br)cc(Oc2ccc(Br)cc2C)n1. The number of hydrogen-bond acceptors (Lipinski definition) is 3. The first kappa shape index (κ1) is 12.5. The highest BCUT2D eigenvalue weighted by atomic mass is 79.9. The summed E-state index contributed by atoms with van der Waals surface area (Å²) in [5, 5.41) is 0. The van der Waals surface area contributed by atoms with Gasteiger partial charge < -0.3 is 4.74 Å². The molecule has 3 nitrogen and oxygen atoms in total. The zero-order valence-electron chi connectivity index (χ0n) is 9.37. The summed E-state index contributed by atoms with van der Waals surface area (Å²) >= 11 is 6.73. The molecule has 0 amide bonds. The van der Waals surface area contributed by atoms with E-state index in [1.54, 1.807) is 6.07 Å². The van der Waals surface area contributed by atoms with Crippen LogP contribution in [0.3, 0.4) is 0 Å². The molecule has 88 valence electrons. The molecule has 2 aromatic rings. The third-order valence-electron chi connectivity index (χ3n) is 2.13. The van der Waals surface area contributed by atoms with Crippen LogP contribution in [0.15, 0.2) is 33.3 Å². The minimum Gasteiger partial charge on any atom is -0.439 e. The van der Waals surface area contributed by atoms with Crippen LogP contribution in [0.4, 0.5) is 0 Å². The third kappa shape index (κ3) is 3.26. The van der Waals surface area contributed by atoms with Gasteiger partial charge in [0, 0.05) is 10.5 Å². The molecule has 0 bridgehead atoms. The number of hydrogen-bond donors (Lipinski definition) is 0. The molecule has 0 saturated carbocycles. The van der Waals surface area contributed by atoms with Crippen LogP contribution >= 0.6 is 31.9 Å². The number of aryl methyl sites for hydroxylation is 2. The van der Waals surface area contributed by atoms with Crippen molar-refractivity contribution in [1.29, 1.82) is 0 Å². The highest BCUT2D eigenvalue weighted by molar-refractivity contribution is 9.10. The second kappa shape index (κ2) is 5.14. The monoisotopic (exact) mass is 356 g/mol. The van der Waals surface area contributed by atoms with Crippen molar-refractivity contribution in [2.75, 3.05) is 0 Å². The molecule has 0 aliphatic heterocycles. The summed E-state index contributed by atoms with van der Waals surface area (Å²) in [6, 6.07) is 7.59. The van der Waals surface area contributed by atoms with Gasteiger partial charge in [-0.2, -0.15) is 4.98 Å². The topological polar surface area (TPSA) is 35.0 Å². The molecule has 17 heavy (non-hydrogen) atoms. The van der Waals surface area contributed by atoms with Gasteiger partial charge in [0.2, 0.25) is 5.88 Å². The van der Waals surface area contributed by atoms with Gasteiger partial charge in [-0.3, -0.25) is 0 Å². The van der Waals surface area contributed by atoms with Crippen molar-refractivity contribution in [3.05, 3.63) is 44.7 Å². The summed E-state index contributed by atoms with van der Waals surface area (Å²) in [4.78, 5) is 8.35. The summed E-state index contributed by atoms with van der Waals surface area (Å²) in [6.07, 6.45) is 0. The molecule has 5 heteroatoms. The highest BCUT2D eigenvalue weighted by Crippen LogP contribution is 2.27. The fourth-order valence-electron chi connectivity index (χ4n) is 1.40. The van der Waals surface area contributed by atoms with Crippen LogP contribution in [0.5, 0.6) is 11.6 Å². The summed E-state index contributed by atoms with van der Waals surface area (Å²) < 4.78 is 7.47. The fourth-order valence-corrected chi connectivity index (χ4v) is 2.33. The number of benzene rings is 1. The van der Waals surface area contributed by atoms with E-state index in [-0.39, 0.29) is 0 Å². The van der Waals surface area contributed by atoms with Gasteiger partial charge in [-0.15, -0.1) is 0 Å². The highest BCUT2D eigenvalue weighted by Gasteiger charge is 2.05. The maximum Gasteiger partial charge on any atom is 0.223 e. The van der Waals surface area contributed by atoms with Gasteiger partial charge >= 0.3 is 0 Å². The molecule has 1 aromatic heterocycles. The summed E-state index contributed by atoms with van der Waals surface area (Å²) in [7, 11) is 0. The van der Waals surface area contributed by atoms with Crippen molar-refractivity contribution >= 4 is 31.9 Å². The molecule has 0 unspecified atom stereocenters. The van der Waals surface area contributed by atoms with E-state index < -0.39 is 0 Å². The van der Waals surface area contributed by atoms with Gasteiger partial charge in [0.05, 0.1) is 0 Å². The third-order valence-corrected chi connectivity index (χ3v) is 3.03. The Balaban J connectivity index is 2.31. The first-order valence-electron chi connectivity index (χ1n) is 5.00. The standard InChI is InChI=1S/C12H10Br2N2O/c1-7-5-9(13)3-4-10(7)17-12-6-11(14)15-8(2)16-12/h3-6H,1-2H3. The van der Waals surface area contributed by atoms with Gasteiger partial charge in [-0.1, -0.05) is 15.9 Å². The molecule has 0 atom stereocenters. The normalized spacial score (nSPS) is 10.4. The minimum absolute atomic E-state index is 0.537. The lowest BCUT2D eigenvalue weighted by Gasteiger charge is -2.08. The zero-order valence-corrected chi connectivity index (χ0v) is 12.5. The van der Waals surface area contributed by atoms with E-state index in [1.807, 2.05) is 32.0 Å². The molecule has 1 aromatic carbocycles. The summed E-state index contributed by atoms with van der Waals surface area (Å²) in [5.41, 5.74) is 1.05. The summed E-state index contributed by atoms with van der Waals surface area (Å²) in [5.74, 6) is 2.00. The van der Waals surface area contributed by atoms with E-state index in [1.165, 1.54) is 0 Å². The van der Waals surface area contributed by atoms with Crippen LogP contribution in [0, 0.1) is 13.8 Å². The van der Waals surface area contributed by atoms with Crippen molar-refractivity contribution in [3.63, 3.8) is 0 Å². The van der Waals surface area contributed by atoms with E-state index >= 15 is 0 Å². The predicted octanol–water partition coefficient (Wildman–Crippen LogP) is 4.41. The second-order valence-corrected chi connectivity index (χ2v) is 5.32. The van der Waals surface area contributed by atoms with Crippen LogP contribution in [0.25, 0.3) is 0 Å². The van der Waals surface area contributed by atoms with Gasteiger partial charge in [0.15, 0.2) is 0 Å². The molecule has 0 spiro atoms. The van der Waals surface area contributed by atoms with E-state index in [4.69, 9.17) is 4.74 Å². The average molecular weight is 358 g/mol. The minimum atomic E-state index is 0.537. The molecule has 0 N–H and O–H groups in total. The van der Waals surface area contributed by atoms with E-state index in [0.29, 0.717) is 11.7 Å². The molecule has 0 saturated heterocycles. The lowest BCUT2D eigenvalue weighted by atomic mass is 10.2. The van der Waals surface area contributed by atoms with E-state index in [9.17, 15) is 0 Å². The lowest BCUT2D eigenvalue weighted by Crippen LogP contribution is -1.94. The Labute approximate surface area is 117 Å². The first-order valence-corrected chi connectivity index (χ1v) is 6.58. The average Bonchev–Trinajstić information content (AvgIpc) is 2.21. The Morgan fingerprint density at radius 2 is 1.82 bits per heavy atom. The van der Waals surface area contributed by atoms with Crippen molar-refractivity contribution in [2.45, 2.75) is 13.8 Å². The van der Waals surface area contributed by atoms with Gasteiger partial charge in [0.1, 0.15) is 16.2 Å². The Kier molecular flexibility index (Phi) is 3.79. The van der Waals surface area contributed by atoms with Crippen molar-refractivity contribution in [2.24, 2.45) is 0 Å².